The number of fused-ring (bicyclic) bond motifs is 1. The lowest BCUT2D eigenvalue weighted by molar-refractivity contribution is -0.142. The van der Waals surface area contributed by atoms with Gasteiger partial charge in [0.2, 0.25) is 5.60 Å². The second-order valence-electron chi connectivity index (χ2n) is 8.84. The van der Waals surface area contributed by atoms with Crippen LogP contribution in [0.1, 0.15) is 19.5 Å². The maximum atomic E-state index is 13.6. The summed E-state index contributed by atoms with van der Waals surface area (Å²) in [6.07, 6.45) is -3.65. The number of carboxylic acids is 1. The number of hydrogen-bond donors (Lipinski definition) is 5. The van der Waals surface area contributed by atoms with Crippen LogP contribution in [0.5, 0.6) is 5.75 Å². The van der Waals surface area contributed by atoms with E-state index < -0.39 is 49.8 Å². The molecule has 3 heterocycles. The first-order chi connectivity index (χ1) is 17.4. The van der Waals surface area contributed by atoms with Gasteiger partial charge in [-0.2, -0.15) is 15.4 Å². The van der Waals surface area contributed by atoms with Crippen molar-refractivity contribution in [2.24, 2.45) is 0 Å². The normalized spacial score (nSPS) is 25.4. The number of aliphatic carboxylic acids is 1. The molecule has 196 valence electrons. The monoisotopic (exact) mass is 532 g/mol. The number of para-hydroxylation sites is 1. The quantitative estimate of drug-likeness (QED) is 0.241. The topological polar surface area (TPSA) is 215 Å². The van der Waals surface area contributed by atoms with Gasteiger partial charge in [0.25, 0.3) is 0 Å². The molecule has 0 spiro atoms. The molecule has 37 heavy (non-hydrogen) atoms. The SMILES string of the molecule is CC(C)(N[P@](=O)(OC[C@H]1O[C@@](C#N)(c2ccc3c(N)ncnn23)[C@H](O)[C@@H]1O)Oc1ccccc1)C(=O)O. The van der Waals surface area contributed by atoms with Crippen LogP contribution >= 0.6 is 7.75 Å². The molecule has 0 bridgehead atoms. The van der Waals surface area contributed by atoms with Gasteiger partial charge in [-0.05, 0) is 38.1 Å². The summed E-state index contributed by atoms with van der Waals surface area (Å²) in [4.78, 5) is 15.5. The second kappa shape index (κ2) is 9.71. The molecule has 1 aromatic carbocycles. The lowest BCUT2D eigenvalue weighted by Crippen LogP contribution is -2.46. The Kier molecular flexibility index (Phi) is 6.95. The highest BCUT2D eigenvalue weighted by Crippen LogP contribution is 2.48. The highest BCUT2D eigenvalue weighted by Gasteiger charge is 2.58. The van der Waals surface area contributed by atoms with E-state index in [9.17, 15) is 29.9 Å². The average Bonchev–Trinajstić information content (AvgIpc) is 3.39. The van der Waals surface area contributed by atoms with Gasteiger partial charge >= 0.3 is 13.7 Å². The number of nitrogens with two attached hydrogens (primary N) is 1. The minimum absolute atomic E-state index is 0.0713. The third-order valence-electron chi connectivity index (χ3n) is 5.82. The first kappa shape index (κ1) is 26.5. The molecule has 0 saturated carbocycles. The van der Waals surface area contributed by atoms with Gasteiger partial charge in [-0.1, -0.05) is 18.2 Å². The van der Waals surface area contributed by atoms with Gasteiger partial charge in [0, 0.05) is 0 Å². The molecule has 0 aliphatic carbocycles. The van der Waals surface area contributed by atoms with Crippen molar-refractivity contribution in [1.82, 2.24) is 19.7 Å². The molecule has 14 nitrogen and oxygen atoms in total. The molecule has 1 saturated heterocycles. The fourth-order valence-electron chi connectivity index (χ4n) is 3.81. The smallest absolute Gasteiger partial charge is 0.459 e. The van der Waals surface area contributed by atoms with E-state index in [-0.39, 0.29) is 17.3 Å². The summed E-state index contributed by atoms with van der Waals surface area (Å²) in [7, 11) is -4.40. The van der Waals surface area contributed by atoms with Crippen molar-refractivity contribution in [3.8, 4) is 11.8 Å². The number of nitrogen functional groups attached to an aromatic ring is 1. The van der Waals surface area contributed by atoms with Crippen LogP contribution in [0.15, 0.2) is 48.8 Å². The van der Waals surface area contributed by atoms with Gasteiger partial charge < -0.3 is 30.3 Å². The Morgan fingerprint density at radius 2 is 2.03 bits per heavy atom. The average molecular weight is 532 g/mol. The maximum Gasteiger partial charge on any atom is 0.459 e. The Balaban J connectivity index is 1.61. The zero-order chi connectivity index (χ0) is 27.0. The number of nitrogens with one attached hydrogen (secondary N) is 1. The van der Waals surface area contributed by atoms with Crippen molar-refractivity contribution in [2.45, 2.75) is 43.3 Å². The molecule has 0 amide bonds. The van der Waals surface area contributed by atoms with Gasteiger partial charge in [0.1, 0.15) is 47.5 Å². The van der Waals surface area contributed by atoms with Crippen molar-refractivity contribution >= 4 is 25.1 Å². The molecule has 3 aromatic rings. The van der Waals surface area contributed by atoms with Crippen LogP contribution in [0.3, 0.4) is 0 Å². The van der Waals surface area contributed by atoms with Gasteiger partial charge in [0.05, 0.1) is 12.3 Å². The zero-order valence-corrected chi connectivity index (χ0v) is 20.6. The van der Waals surface area contributed by atoms with Crippen LogP contribution in [0.25, 0.3) is 5.52 Å². The molecular formula is C22H25N6O8P. The van der Waals surface area contributed by atoms with Crippen molar-refractivity contribution < 1.29 is 38.5 Å². The number of benzene rings is 1. The number of anilines is 1. The molecule has 0 radical (unpaired) electrons. The Morgan fingerprint density at radius 3 is 2.68 bits per heavy atom. The molecule has 0 unspecified atom stereocenters. The van der Waals surface area contributed by atoms with E-state index in [1.54, 1.807) is 18.2 Å². The van der Waals surface area contributed by atoms with E-state index in [1.807, 2.05) is 6.07 Å². The Hall–Kier alpha value is -3.57. The third-order valence-corrected chi connectivity index (χ3v) is 7.59. The van der Waals surface area contributed by atoms with Crippen LogP contribution in [-0.2, 0) is 24.2 Å². The number of carboxylic acid groups (broad SMARTS) is 1. The number of nitriles is 1. The number of ether oxygens (including phenoxy) is 1. The van der Waals surface area contributed by atoms with Gasteiger partial charge in [-0.3, -0.25) is 9.32 Å². The van der Waals surface area contributed by atoms with E-state index in [2.05, 4.69) is 15.2 Å². The number of nitrogens with zero attached hydrogens (tertiary/aromatic N) is 4. The highest BCUT2D eigenvalue weighted by atomic mass is 31.2. The summed E-state index contributed by atoms with van der Waals surface area (Å²) in [6, 6.07) is 12.8. The molecule has 5 atom stereocenters. The van der Waals surface area contributed by atoms with E-state index in [4.69, 9.17) is 19.5 Å². The second-order valence-corrected chi connectivity index (χ2v) is 10.5. The number of aromatic nitrogens is 3. The summed E-state index contributed by atoms with van der Waals surface area (Å²) >= 11 is 0. The molecule has 1 fully saturated rings. The number of aliphatic hydroxyl groups excluding tert-OH is 2. The lowest BCUT2D eigenvalue weighted by Gasteiger charge is -2.28. The van der Waals surface area contributed by atoms with Crippen LogP contribution in [-0.4, -0.2) is 66.3 Å². The summed E-state index contributed by atoms with van der Waals surface area (Å²) in [5, 5.41) is 47.6. The van der Waals surface area contributed by atoms with E-state index in [0.717, 1.165) is 6.33 Å². The number of carbonyl (C=O) groups is 1. The van der Waals surface area contributed by atoms with E-state index in [1.165, 1.54) is 42.6 Å². The lowest BCUT2D eigenvalue weighted by atomic mass is 9.92. The van der Waals surface area contributed by atoms with E-state index >= 15 is 0 Å². The summed E-state index contributed by atoms with van der Waals surface area (Å²) in [5.41, 5.74) is 2.43. The third kappa shape index (κ3) is 4.88. The fourth-order valence-corrected chi connectivity index (χ4v) is 5.50. The van der Waals surface area contributed by atoms with Crippen LogP contribution in [0.4, 0.5) is 5.82 Å². The zero-order valence-electron chi connectivity index (χ0n) is 19.8. The van der Waals surface area contributed by atoms with Gasteiger partial charge in [0.15, 0.2) is 5.82 Å². The molecular weight excluding hydrogens is 507 g/mol. The fraction of sp³-hybridized carbons (Fsp3) is 0.364. The molecule has 4 rings (SSSR count). The summed E-state index contributed by atoms with van der Waals surface area (Å²) < 4.78 is 31.6. The standard InChI is InChI=1S/C22H25N6O8P/c1-21(2,20(31)32)27-37(33,36-13-6-4-3-5-7-13)34-10-15-17(29)18(30)22(11-23,35-15)16-9-8-14-19(24)25-12-26-28(14)16/h3-9,12,15,17-18,29-30H,10H2,1-2H3,(H,27,33)(H,31,32)(H2,24,25,26)/t15-,17-,18-,22+,37+/m1/s1. The van der Waals surface area contributed by atoms with Crippen LogP contribution in [0.2, 0.25) is 0 Å². The van der Waals surface area contributed by atoms with E-state index in [0.29, 0.717) is 5.52 Å². The predicted molar refractivity (Wildman–Crippen MR) is 127 cm³/mol. The molecule has 6 N–H and O–H groups in total. The molecule has 15 heteroatoms. The van der Waals surface area contributed by atoms with Crippen molar-refractivity contribution in [1.29, 1.82) is 5.26 Å². The Morgan fingerprint density at radius 1 is 1.32 bits per heavy atom. The molecule has 1 aliphatic heterocycles. The van der Waals surface area contributed by atoms with Crippen molar-refractivity contribution in [3.63, 3.8) is 0 Å². The van der Waals surface area contributed by atoms with Crippen molar-refractivity contribution in [3.05, 3.63) is 54.5 Å². The van der Waals surface area contributed by atoms with Crippen LogP contribution in [0, 0.1) is 11.3 Å². The predicted octanol–water partition coefficient (Wildman–Crippen LogP) is 0.807. The summed E-state index contributed by atoms with van der Waals surface area (Å²) in [5.74, 6) is -1.09. The largest absolute Gasteiger partial charge is 0.480 e. The number of rotatable bonds is 9. The Bertz CT molecular complexity index is 1390. The number of hydrogen-bond acceptors (Lipinski definition) is 11. The van der Waals surface area contributed by atoms with Crippen LogP contribution < -0.4 is 15.3 Å². The minimum atomic E-state index is -4.40. The maximum absolute atomic E-state index is 13.6. The molecule has 2 aromatic heterocycles. The Labute approximate surface area is 210 Å². The first-order valence-corrected chi connectivity index (χ1v) is 12.5. The minimum Gasteiger partial charge on any atom is -0.480 e. The molecule has 1 aliphatic rings. The van der Waals surface area contributed by atoms with Crippen molar-refractivity contribution in [2.75, 3.05) is 12.3 Å². The highest BCUT2D eigenvalue weighted by molar-refractivity contribution is 7.52. The summed E-state index contributed by atoms with van der Waals surface area (Å²) in [6.45, 7) is 1.88. The van der Waals surface area contributed by atoms with Gasteiger partial charge in [-0.15, -0.1) is 0 Å². The number of aliphatic hydroxyl groups is 2. The first-order valence-electron chi connectivity index (χ1n) is 11.0. The van der Waals surface area contributed by atoms with Gasteiger partial charge in [-0.25, -0.2) is 14.1 Å².